The molecule has 1 rings (SSSR count). The summed E-state index contributed by atoms with van der Waals surface area (Å²) in [6, 6.07) is 2.55. The number of ether oxygens (including phenoxy) is 1. The molecule has 0 aromatic heterocycles. The summed E-state index contributed by atoms with van der Waals surface area (Å²) in [5.41, 5.74) is 0. The molecule has 0 aliphatic rings. The minimum Gasteiger partial charge on any atom is -0.492 e. The van der Waals surface area contributed by atoms with E-state index in [1.807, 2.05) is 6.92 Å². The molecule has 0 heterocycles. The Balaban J connectivity index is 2.75. The third-order valence-corrected chi connectivity index (χ3v) is 4.74. The summed E-state index contributed by atoms with van der Waals surface area (Å²) in [6.45, 7) is 2.07. The maximum Gasteiger partial charge on any atom is 0.232 e. The lowest BCUT2D eigenvalue weighted by Gasteiger charge is -2.16. The van der Waals surface area contributed by atoms with Crippen molar-refractivity contribution in [3.05, 3.63) is 27.4 Å². The second kappa shape index (κ2) is 7.82. The Morgan fingerprint density at radius 3 is 2.65 bits per heavy atom. The van der Waals surface area contributed by atoms with Gasteiger partial charge in [-0.25, -0.2) is 12.8 Å². The smallest absolute Gasteiger partial charge is 0.232 e. The van der Waals surface area contributed by atoms with E-state index in [2.05, 4.69) is 15.9 Å². The standard InChI is InChI=1S/C12H14BrCl2FO3S/c1-2-3-8(7-20(15,17)18)6-19-12-5-11(16)10(14)4-9(12)13/h4-5,8H,2-3,6-7H2,1H3. The third kappa shape index (κ3) is 6.16. The SMILES string of the molecule is CCCC(COc1cc(F)c(Cl)cc1Br)CS(=O)(=O)Cl. The summed E-state index contributed by atoms with van der Waals surface area (Å²) < 4.78 is 41.6. The summed E-state index contributed by atoms with van der Waals surface area (Å²) >= 11 is 8.84. The van der Waals surface area contributed by atoms with Crippen LogP contribution in [-0.2, 0) is 9.05 Å². The summed E-state index contributed by atoms with van der Waals surface area (Å²) in [5, 5.41) is -0.0160. The Morgan fingerprint density at radius 2 is 2.10 bits per heavy atom. The van der Waals surface area contributed by atoms with Gasteiger partial charge in [-0.3, -0.25) is 0 Å². The second-order valence-corrected chi connectivity index (χ2v) is 8.45. The molecule has 0 aliphatic carbocycles. The number of halogens is 4. The van der Waals surface area contributed by atoms with E-state index in [1.165, 1.54) is 6.07 Å². The predicted molar refractivity (Wildman–Crippen MR) is 82.6 cm³/mol. The Kier molecular flexibility index (Phi) is 7.04. The van der Waals surface area contributed by atoms with Crippen molar-refractivity contribution in [3.63, 3.8) is 0 Å². The lowest BCUT2D eigenvalue weighted by atomic mass is 10.1. The molecule has 1 atom stereocenters. The molecule has 0 saturated carbocycles. The third-order valence-electron chi connectivity index (χ3n) is 2.58. The zero-order valence-electron chi connectivity index (χ0n) is 10.7. The highest BCUT2D eigenvalue weighted by atomic mass is 79.9. The van der Waals surface area contributed by atoms with Crippen LogP contribution < -0.4 is 4.74 Å². The van der Waals surface area contributed by atoms with Crippen LogP contribution in [0.2, 0.25) is 5.02 Å². The molecule has 0 saturated heterocycles. The molecule has 20 heavy (non-hydrogen) atoms. The van der Waals surface area contributed by atoms with Gasteiger partial charge >= 0.3 is 0 Å². The van der Waals surface area contributed by atoms with Crippen LogP contribution in [0.1, 0.15) is 19.8 Å². The van der Waals surface area contributed by atoms with Gasteiger partial charge in [0.05, 0.1) is 21.9 Å². The van der Waals surface area contributed by atoms with Gasteiger partial charge in [0.2, 0.25) is 9.05 Å². The Bertz CT molecular complexity index is 566. The van der Waals surface area contributed by atoms with Crippen LogP contribution in [-0.4, -0.2) is 20.8 Å². The van der Waals surface area contributed by atoms with Gasteiger partial charge < -0.3 is 4.74 Å². The molecular weight excluding hydrogens is 394 g/mol. The lowest BCUT2D eigenvalue weighted by Crippen LogP contribution is -2.19. The first-order valence-corrected chi connectivity index (χ1v) is 9.57. The molecule has 0 amide bonds. The molecule has 0 fully saturated rings. The van der Waals surface area contributed by atoms with Crippen molar-refractivity contribution in [2.24, 2.45) is 5.92 Å². The zero-order valence-corrected chi connectivity index (χ0v) is 14.6. The van der Waals surface area contributed by atoms with Crippen LogP contribution in [0.25, 0.3) is 0 Å². The van der Waals surface area contributed by atoms with Gasteiger partial charge in [-0.1, -0.05) is 24.9 Å². The van der Waals surface area contributed by atoms with Crippen LogP contribution in [0.4, 0.5) is 4.39 Å². The van der Waals surface area contributed by atoms with Crippen molar-refractivity contribution in [1.29, 1.82) is 0 Å². The Hall–Kier alpha value is -0.0400. The van der Waals surface area contributed by atoms with E-state index in [1.54, 1.807) is 0 Å². The first-order chi connectivity index (χ1) is 9.23. The molecule has 0 N–H and O–H groups in total. The minimum atomic E-state index is -3.59. The van der Waals surface area contributed by atoms with E-state index in [-0.39, 0.29) is 29.0 Å². The van der Waals surface area contributed by atoms with E-state index in [4.69, 9.17) is 27.0 Å². The second-order valence-electron chi connectivity index (χ2n) is 4.37. The van der Waals surface area contributed by atoms with Crippen LogP contribution >= 0.6 is 38.2 Å². The van der Waals surface area contributed by atoms with Gasteiger partial charge in [0.25, 0.3) is 0 Å². The average molecular weight is 408 g/mol. The summed E-state index contributed by atoms with van der Waals surface area (Å²) in [6.07, 6.45) is 1.45. The minimum absolute atomic E-state index is 0.0160. The van der Waals surface area contributed by atoms with Crippen molar-refractivity contribution in [2.75, 3.05) is 12.4 Å². The number of benzene rings is 1. The molecule has 1 aromatic rings. The lowest BCUT2D eigenvalue weighted by molar-refractivity contribution is 0.250. The highest BCUT2D eigenvalue weighted by Gasteiger charge is 2.18. The molecule has 1 aromatic carbocycles. The zero-order chi connectivity index (χ0) is 15.3. The van der Waals surface area contributed by atoms with Gasteiger partial charge in [0, 0.05) is 22.7 Å². The number of hydrogen-bond donors (Lipinski definition) is 0. The van der Waals surface area contributed by atoms with Crippen LogP contribution in [0.15, 0.2) is 16.6 Å². The van der Waals surface area contributed by atoms with Crippen molar-refractivity contribution in [1.82, 2.24) is 0 Å². The topological polar surface area (TPSA) is 43.4 Å². The monoisotopic (exact) mass is 406 g/mol. The maximum atomic E-state index is 13.4. The van der Waals surface area contributed by atoms with Crippen LogP contribution in [0.3, 0.4) is 0 Å². The van der Waals surface area contributed by atoms with E-state index in [0.717, 1.165) is 12.5 Å². The van der Waals surface area contributed by atoms with Crippen molar-refractivity contribution >= 4 is 47.3 Å². The van der Waals surface area contributed by atoms with Gasteiger partial charge in [0.1, 0.15) is 11.6 Å². The molecule has 3 nitrogen and oxygen atoms in total. The summed E-state index contributed by atoms with van der Waals surface area (Å²) in [5.74, 6) is -0.731. The van der Waals surface area contributed by atoms with E-state index in [9.17, 15) is 12.8 Å². The van der Waals surface area contributed by atoms with Crippen LogP contribution in [0.5, 0.6) is 5.75 Å². The quantitative estimate of drug-likeness (QED) is 0.489. The largest absolute Gasteiger partial charge is 0.492 e. The van der Waals surface area contributed by atoms with Gasteiger partial charge in [-0.15, -0.1) is 0 Å². The highest BCUT2D eigenvalue weighted by Crippen LogP contribution is 2.31. The molecular formula is C12H14BrCl2FO3S. The van der Waals surface area contributed by atoms with Crippen molar-refractivity contribution in [3.8, 4) is 5.75 Å². The first-order valence-electron chi connectivity index (χ1n) is 5.92. The van der Waals surface area contributed by atoms with Gasteiger partial charge in [-0.05, 0) is 28.4 Å². The summed E-state index contributed by atoms with van der Waals surface area (Å²) in [4.78, 5) is 0. The van der Waals surface area contributed by atoms with Gasteiger partial charge in [-0.2, -0.15) is 0 Å². The predicted octanol–water partition coefficient (Wildman–Crippen LogP) is 4.61. The fourth-order valence-corrected chi connectivity index (χ4v) is 3.84. The summed E-state index contributed by atoms with van der Waals surface area (Å²) in [7, 11) is 1.66. The molecule has 0 spiro atoms. The van der Waals surface area contributed by atoms with Crippen molar-refractivity contribution < 1.29 is 17.5 Å². The van der Waals surface area contributed by atoms with E-state index >= 15 is 0 Å². The highest BCUT2D eigenvalue weighted by molar-refractivity contribution is 9.10. The molecule has 1 unspecified atom stereocenters. The van der Waals surface area contributed by atoms with Gasteiger partial charge in [0.15, 0.2) is 0 Å². The molecule has 114 valence electrons. The Labute approximate surface area is 136 Å². The molecule has 8 heteroatoms. The molecule has 0 bridgehead atoms. The van der Waals surface area contributed by atoms with E-state index < -0.39 is 14.9 Å². The molecule has 0 radical (unpaired) electrons. The fraction of sp³-hybridized carbons (Fsp3) is 0.500. The normalized spacial score (nSPS) is 13.2. The van der Waals surface area contributed by atoms with Crippen LogP contribution in [0, 0.1) is 11.7 Å². The fourth-order valence-electron chi connectivity index (χ4n) is 1.73. The number of hydrogen-bond acceptors (Lipinski definition) is 3. The average Bonchev–Trinajstić information content (AvgIpc) is 2.30. The van der Waals surface area contributed by atoms with E-state index in [0.29, 0.717) is 10.9 Å². The molecule has 0 aliphatic heterocycles. The first kappa shape index (κ1) is 18.0. The number of rotatable bonds is 7. The maximum absolute atomic E-state index is 13.4. The Morgan fingerprint density at radius 1 is 1.45 bits per heavy atom. The van der Waals surface area contributed by atoms with Crippen molar-refractivity contribution in [2.45, 2.75) is 19.8 Å².